The van der Waals surface area contributed by atoms with Gasteiger partial charge in [0.2, 0.25) is 11.8 Å². The molecular formula is C36H33Cl2N3O7. The number of hydrogen-bond donors (Lipinski definition) is 2. The Morgan fingerprint density at radius 2 is 1.69 bits per heavy atom. The van der Waals surface area contributed by atoms with E-state index in [9.17, 15) is 19.5 Å². The number of ether oxygens (including phenoxy) is 2. The van der Waals surface area contributed by atoms with Gasteiger partial charge in [-0.2, -0.15) is 5.01 Å². The fourth-order valence-corrected chi connectivity index (χ4v) is 8.99. The number of hydrazine groups is 1. The maximum absolute atomic E-state index is 15.3. The first kappa shape index (κ1) is 32.0. The molecule has 0 bridgehead atoms. The van der Waals surface area contributed by atoms with Gasteiger partial charge < -0.3 is 14.6 Å². The van der Waals surface area contributed by atoms with Crippen LogP contribution in [0.4, 0.5) is 5.69 Å². The molecule has 6 unspecified atom stereocenters. The average molecular weight is 691 g/mol. The van der Waals surface area contributed by atoms with Crippen molar-refractivity contribution < 1.29 is 33.8 Å². The molecule has 0 spiro atoms. The third kappa shape index (κ3) is 4.45. The molecule has 7 rings (SSSR count). The second-order valence-corrected chi connectivity index (χ2v) is 13.4. The summed E-state index contributed by atoms with van der Waals surface area (Å²) >= 11 is 12.6. The van der Waals surface area contributed by atoms with Crippen LogP contribution < -0.4 is 14.9 Å². The number of amides is 4. The Balaban J connectivity index is 1.50. The number of hydrogen-bond acceptors (Lipinski definition) is 8. The Morgan fingerprint density at radius 3 is 2.35 bits per heavy atom. The molecule has 1 saturated carbocycles. The van der Waals surface area contributed by atoms with Gasteiger partial charge in [-0.1, -0.05) is 53.1 Å². The Kier molecular flexibility index (Phi) is 7.91. The smallest absolute Gasteiger partial charge is 0.260 e. The second kappa shape index (κ2) is 11.9. The van der Waals surface area contributed by atoms with Gasteiger partial charge in [0.15, 0.2) is 0 Å². The Morgan fingerprint density at radius 1 is 0.938 bits per heavy atom. The zero-order chi connectivity index (χ0) is 34.1. The number of carbonyl (C=O) groups is 4. The van der Waals surface area contributed by atoms with E-state index in [1.54, 1.807) is 55.5 Å². The molecule has 2 N–H and O–H groups in total. The molecule has 10 nitrogen and oxygen atoms in total. The molecule has 48 heavy (non-hydrogen) atoms. The van der Waals surface area contributed by atoms with Gasteiger partial charge in [0.1, 0.15) is 17.2 Å². The minimum Gasteiger partial charge on any atom is -0.508 e. The average Bonchev–Trinajstić information content (AvgIpc) is 3.46. The Labute approximate surface area is 287 Å². The lowest BCUT2D eigenvalue weighted by atomic mass is 9.49. The molecule has 248 valence electrons. The van der Waals surface area contributed by atoms with Crippen molar-refractivity contribution in [1.29, 1.82) is 0 Å². The standard InChI is InChI=1S/C36H33Cl2N3O7/c1-4-40-32(43)22-14-13-21-23(29(22)34(40)45)17-24-33(44)41(39-26-15-10-19(37)16-25(26)38)35(46)36(24,18-8-11-20(47-2)12-9-18)31(21)30-27(42)6-5-7-28(30)48-3/h5-13,15-16,22-24,29,31,39,42H,4,14,17H2,1-3H3. The summed E-state index contributed by atoms with van der Waals surface area (Å²) in [4.78, 5) is 58.6. The number of likely N-dealkylation sites (tertiary alicyclic amines) is 1. The van der Waals surface area contributed by atoms with Crippen molar-refractivity contribution in [3.8, 4) is 17.2 Å². The number of nitrogens with one attached hydrogen (secondary N) is 1. The molecule has 2 aliphatic carbocycles. The Hall–Kier alpha value is -4.54. The van der Waals surface area contributed by atoms with E-state index in [-0.39, 0.29) is 47.7 Å². The minimum atomic E-state index is -1.62. The van der Waals surface area contributed by atoms with Crippen LogP contribution in [-0.4, -0.2) is 59.4 Å². The van der Waals surface area contributed by atoms with E-state index in [1.165, 1.54) is 31.3 Å². The lowest BCUT2D eigenvalue weighted by molar-refractivity contribution is -0.141. The third-order valence-corrected chi connectivity index (χ3v) is 11.1. The molecule has 2 heterocycles. The maximum Gasteiger partial charge on any atom is 0.260 e. The van der Waals surface area contributed by atoms with E-state index in [4.69, 9.17) is 32.7 Å². The number of anilines is 1. The number of imide groups is 2. The van der Waals surface area contributed by atoms with Gasteiger partial charge in [-0.05, 0) is 73.7 Å². The predicted molar refractivity (Wildman–Crippen MR) is 178 cm³/mol. The van der Waals surface area contributed by atoms with Crippen LogP contribution in [-0.2, 0) is 24.6 Å². The number of benzene rings is 3. The fraction of sp³-hybridized carbons (Fsp3) is 0.333. The van der Waals surface area contributed by atoms with Crippen LogP contribution in [0.25, 0.3) is 0 Å². The number of aromatic hydroxyl groups is 1. The van der Waals surface area contributed by atoms with Gasteiger partial charge in [0, 0.05) is 23.0 Å². The maximum atomic E-state index is 15.3. The lowest BCUT2D eigenvalue weighted by Gasteiger charge is -2.50. The normalized spacial score (nSPS) is 27.8. The molecular weight excluding hydrogens is 657 g/mol. The number of phenols is 1. The third-order valence-electron chi connectivity index (χ3n) is 10.5. The number of allylic oxidation sites excluding steroid dienone is 2. The first-order valence-corrected chi connectivity index (χ1v) is 16.5. The molecule has 2 saturated heterocycles. The van der Waals surface area contributed by atoms with E-state index in [1.807, 2.05) is 6.08 Å². The van der Waals surface area contributed by atoms with Gasteiger partial charge in [0.05, 0.1) is 48.1 Å². The van der Waals surface area contributed by atoms with Gasteiger partial charge in [-0.3, -0.25) is 29.5 Å². The molecule has 6 atom stereocenters. The summed E-state index contributed by atoms with van der Waals surface area (Å²) < 4.78 is 11.2. The zero-order valence-corrected chi connectivity index (χ0v) is 27.9. The van der Waals surface area contributed by atoms with E-state index in [0.29, 0.717) is 33.2 Å². The topological polar surface area (TPSA) is 125 Å². The molecule has 2 aliphatic heterocycles. The second-order valence-electron chi connectivity index (χ2n) is 12.5. The van der Waals surface area contributed by atoms with Crippen LogP contribution in [0.3, 0.4) is 0 Å². The molecule has 4 aliphatic rings. The molecule has 0 radical (unpaired) electrons. The minimum absolute atomic E-state index is 0.110. The van der Waals surface area contributed by atoms with Crippen molar-refractivity contribution in [1.82, 2.24) is 9.91 Å². The van der Waals surface area contributed by atoms with Crippen molar-refractivity contribution in [3.05, 3.63) is 93.5 Å². The zero-order valence-electron chi connectivity index (χ0n) is 26.4. The number of fused-ring (bicyclic) bond motifs is 4. The number of halogens is 2. The van der Waals surface area contributed by atoms with Gasteiger partial charge in [-0.25, -0.2) is 0 Å². The summed E-state index contributed by atoms with van der Waals surface area (Å²) in [7, 11) is 3.00. The predicted octanol–water partition coefficient (Wildman–Crippen LogP) is 5.72. The van der Waals surface area contributed by atoms with E-state index >= 15 is 4.79 Å². The summed E-state index contributed by atoms with van der Waals surface area (Å²) in [5.74, 6) is -4.77. The highest BCUT2D eigenvalue weighted by Gasteiger charge is 2.71. The van der Waals surface area contributed by atoms with Crippen LogP contribution in [0.5, 0.6) is 17.2 Å². The van der Waals surface area contributed by atoms with Crippen molar-refractivity contribution in [2.45, 2.75) is 31.1 Å². The number of carbonyl (C=O) groups excluding carboxylic acids is 4. The first-order chi connectivity index (χ1) is 23.1. The molecule has 12 heteroatoms. The molecule has 3 aromatic carbocycles. The van der Waals surface area contributed by atoms with Crippen molar-refractivity contribution in [2.75, 3.05) is 26.2 Å². The molecule has 0 aromatic heterocycles. The number of nitrogens with zero attached hydrogens (tertiary/aromatic N) is 2. The van der Waals surface area contributed by atoms with Crippen LogP contribution in [0.15, 0.2) is 72.3 Å². The number of methoxy groups -OCH3 is 2. The monoisotopic (exact) mass is 689 g/mol. The summed E-state index contributed by atoms with van der Waals surface area (Å²) in [5.41, 5.74) is 3.16. The SMILES string of the molecule is CCN1C(=O)C2CC=C3C(CC4C(=O)N(Nc5ccc(Cl)cc5Cl)C(=O)C4(c4ccc(OC)cc4)C3c3c(O)cccc3OC)C2C1=O. The van der Waals surface area contributed by atoms with Crippen molar-refractivity contribution >= 4 is 52.5 Å². The highest BCUT2D eigenvalue weighted by atomic mass is 35.5. The molecule has 3 fully saturated rings. The highest BCUT2D eigenvalue weighted by molar-refractivity contribution is 6.36. The van der Waals surface area contributed by atoms with Crippen LogP contribution in [0.1, 0.15) is 36.8 Å². The molecule has 4 amide bonds. The van der Waals surface area contributed by atoms with Crippen LogP contribution in [0, 0.1) is 23.7 Å². The summed E-state index contributed by atoms with van der Waals surface area (Å²) in [6.07, 6.45) is 2.31. The summed E-state index contributed by atoms with van der Waals surface area (Å²) in [5, 5.41) is 13.2. The van der Waals surface area contributed by atoms with E-state index in [0.717, 1.165) is 5.01 Å². The highest BCUT2D eigenvalue weighted by Crippen LogP contribution is 2.66. The largest absolute Gasteiger partial charge is 0.508 e. The van der Waals surface area contributed by atoms with Gasteiger partial charge >= 0.3 is 0 Å². The quantitative estimate of drug-likeness (QED) is 0.238. The fourth-order valence-electron chi connectivity index (χ4n) is 8.53. The Bertz CT molecular complexity index is 1900. The van der Waals surface area contributed by atoms with Crippen LogP contribution in [0.2, 0.25) is 10.0 Å². The van der Waals surface area contributed by atoms with Crippen molar-refractivity contribution in [3.63, 3.8) is 0 Å². The summed E-state index contributed by atoms with van der Waals surface area (Å²) in [6.45, 7) is 2.00. The van der Waals surface area contributed by atoms with Gasteiger partial charge in [0.25, 0.3) is 11.8 Å². The first-order valence-electron chi connectivity index (χ1n) is 15.7. The van der Waals surface area contributed by atoms with E-state index < -0.39 is 46.8 Å². The van der Waals surface area contributed by atoms with Crippen LogP contribution >= 0.6 is 23.2 Å². The lowest BCUT2D eigenvalue weighted by Crippen LogP contribution is -2.53. The molecule has 3 aromatic rings. The van der Waals surface area contributed by atoms with Gasteiger partial charge in [-0.15, -0.1) is 0 Å². The summed E-state index contributed by atoms with van der Waals surface area (Å²) in [6, 6.07) is 16.5. The number of phenolic OH excluding ortho intramolecular Hbond substituents is 1. The van der Waals surface area contributed by atoms with Crippen molar-refractivity contribution in [2.24, 2.45) is 23.7 Å². The van der Waals surface area contributed by atoms with E-state index in [2.05, 4.69) is 5.43 Å². The number of rotatable bonds is 7.